The second-order valence-electron chi connectivity index (χ2n) is 3.10. The minimum atomic E-state index is -2.75. The van der Waals surface area contributed by atoms with Crippen molar-refractivity contribution < 1.29 is 13.6 Å². The van der Waals surface area contributed by atoms with E-state index in [9.17, 15) is 0 Å². The second kappa shape index (κ2) is 5.06. The van der Waals surface area contributed by atoms with Gasteiger partial charge in [0.15, 0.2) is 0 Å². The average Bonchev–Trinajstić information content (AvgIpc) is 2.38. The largest absolute Gasteiger partial charge is 0.404 e. The fourth-order valence-electron chi connectivity index (χ4n) is 1.25. The van der Waals surface area contributed by atoms with Crippen LogP contribution in [0.15, 0.2) is 30.5 Å². The number of hydrogen-bond acceptors (Lipinski definition) is 6. The maximum atomic E-state index is 5.42. The monoisotopic (exact) mass is 270 g/mol. The van der Waals surface area contributed by atoms with Crippen LogP contribution < -0.4 is 4.52 Å². The first kappa shape index (κ1) is 12.4. The van der Waals surface area contributed by atoms with Crippen molar-refractivity contribution in [3.63, 3.8) is 0 Å². The van der Waals surface area contributed by atoms with Crippen LogP contribution in [-0.2, 0) is 20.9 Å². The van der Waals surface area contributed by atoms with E-state index in [-0.39, 0.29) is 0 Å². The fraction of sp³-hybridized carbons (Fsp3) is 0.200. The number of hydrogen-bond donors (Lipinski definition) is 0. The van der Waals surface area contributed by atoms with Crippen molar-refractivity contribution in [3.8, 4) is 5.88 Å². The van der Waals surface area contributed by atoms with Gasteiger partial charge in [-0.3, -0.25) is 0 Å². The number of aromatic nitrogens is 2. The van der Waals surface area contributed by atoms with Gasteiger partial charge in [-0.1, -0.05) is 12.1 Å². The summed E-state index contributed by atoms with van der Waals surface area (Å²) in [5, 5.41) is 0. The Morgan fingerprint density at radius 3 is 2.41 bits per heavy atom. The van der Waals surface area contributed by atoms with E-state index in [0.717, 1.165) is 11.0 Å². The van der Waals surface area contributed by atoms with E-state index in [2.05, 4.69) is 9.97 Å². The number of rotatable bonds is 4. The van der Waals surface area contributed by atoms with Crippen molar-refractivity contribution >= 4 is 29.6 Å². The second-order valence-corrected chi connectivity index (χ2v) is 6.25. The number of fused-ring (bicyclic) bond motifs is 1. The molecule has 0 fully saturated rings. The van der Waals surface area contributed by atoms with E-state index in [1.807, 2.05) is 24.3 Å². The number of nitrogens with zero attached hydrogens (tertiary/aromatic N) is 2. The van der Waals surface area contributed by atoms with Gasteiger partial charge in [-0.15, -0.1) is 0 Å². The first-order valence-electron chi connectivity index (χ1n) is 4.80. The molecule has 2 aromatic rings. The van der Waals surface area contributed by atoms with E-state index >= 15 is 0 Å². The topological polar surface area (TPSA) is 53.5 Å². The lowest BCUT2D eigenvalue weighted by atomic mass is 10.3. The van der Waals surface area contributed by atoms with Gasteiger partial charge >= 0.3 is 6.72 Å². The number of para-hydroxylation sites is 2. The summed E-state index contributed by atoms with van der Waals surface area (Å²) in [7, 11) is 2.89. The van der Waals surface area contributed by atoms with Crippen LogP contribution in [0.1, 0.15) is 0 Å². The molecule has 0 saturated heterocycles. The smallest absolute Gasteiger partial charge is 0.381 e. The van der Waals surface area contributed by atoms with Gasteiger partial charge in [0.25, 0.3) is 0 Å². The van der Waals surface area contributed by atoms with Crippen LogP contribution in [-0.4, -0.2) is 24.2 Å². The molecule has 0 aliphatic heterocycles. The summed E-state index contributed by atoms with van der Waals surface area (Å²) < 4.78 is 15.4. The normalized spacial score (nSPS) is 11.6. The predicted molar refractivity (Wildman–Crippen MR) is 68.5 cm³/mol. The summed E-state index contributed by atoms with van der Waals surface area (Å²) in [6.45, 7) is -2.75. The van der Waals surface area contributed by atoms with Crippen molar-refractivity contribution in [1.82, 2.24) is 9.97 Å². The Kier molecular flexibility index (Phi) is 3.69. The third-order valence-corrected chi connectivity index (χ3v) is 4.50. The molecule has 1 heterocycles. The van der Waals surface area contributed by atoms with Gasteiger partial charge in [-0.2, -0.15) is 0 Å². The molecule has 0 radical (unpaired) electrons. The molecule has 0 N–H and O–H groups in total. The van der Waals surface area contributed by atoms with Gasteiger partial charge in [-0.05, 0) is 12.1 Å². The summed E-state index contributed by atoms with van der Waals surface area (Å²) in [6, 6.07) is 7.49. The molecule has 7 heteroatoms. The Morgan fingerprint density at radius 2 is 1.76 bits per heavy atom. The van der Waals surface area contributed by atoms with Gasteiger partial charge in [0.05, 0.1) is 17.2 Å². The van der Waals surface area contributed by atoms with Crippen molar-refractivity contribution in [1.29, 1.82) is 0 Å². The summed E-state index contributed by atoms with van der Waals surface area (Å²) in [5.41, 5.74) is 1.53. The van der Waals surface area contributed by atoms with E-state index in [1.165, 1.54) is 20.4 Å². The van der Waals surface area contributed by atoms with Crippen LogP contribution in [0.4, 0.5) is 0 Å². The minimum Gasteiger partial charge on any atom is -0.404 e. The summed E-state index contributed by atoms with van der Waals surface area (Å²) >= 11 is 5.09. The molecule has 5 nitrogen and oxygen atoms in total. The zero-order chi connectivity index (χ0) is 12.3. The van der Waals surface area contributed by atoms with Crippen molar-refractivity contribution in [2.75, 3.05) is 14.2 Å². The van der Waals surface area contributed by atoms with Gasteiger partial charge in [0, 0.05) is 26.0 Å². The van der Waals surface area contributed by atoms with Crippen LogP contribution in [0.2, 0.25) is 0 Å². The first-order valence-corrected chi connectivity index (χ1v) is 7.35. The van der Waals surface area contributed by atoms with Crippen molar-refractivity contribution in [2.24, 2.45) is 0 Å². The third kappa shape index (κ3) is 2.79. The van der Waals surface area contributed by atoms with Crippen molar-refractivity contribution in [3.05, 3.63) is 30.5 Å². The molecular weight excluding hydrogens is 259 g/mol. The zero-order valence-electron chi connectivity index (χ0n) is 9.36. The summed E-state index contributed by atoms with van der Waals surface area (Å²) in [4.78, 5) is 8.48. The lowest BCUT2D eigenvalue weighted by Crippen LogP contribution is -1.99. The molecule has 0 spiro atoms. The van der Waals surface area contributed by atoms with Crippen LogP contribution in [0.3, 0.4) is 0 Å². The molecule has 90 valence electrons. The molecule has 2 rings (SSSR count). The fourth-order valence-corrected chi connectivity index (χ4v) is 2.09. The highest BCUT2D eigenvalue weighted by molar-refractivity contribution is 8.07. The lowest BCUT2D eigenvalue weighted by molar-refractivity contribution is 0.270. The lowest BCUT2D eigenvalue weighted by Gasteiger charge is -2.17. The molecule has 0 aliphatic carbocycles. The Bertz CT molecular complexity index is 570. The molecule has 0 saturated carbocycles. The molecule has 1 aromatic carbocycles. The molecular formula is C10H11N2O3PS. The highest BCUT2D eigenvalue weighted by Gasteiger charge is 2.19. The Labute approximate surface area is 104 Å². The molecule has 0 unspecified atom stereocenters. The van der Waals surface area contributed by atoms with Gasteiger partial charge in [-0.25, -0.2) is 9.97 Å². The Hall–Kier alpha value is -1.07. The molecule has 0 atom stereocenters. The summed E-state index contributed by atoms with van der Waals surface area (Å²) in [6.07, 6.45) is 1.50. The third-order valence-electron chi connectivity index (χ3n) is 2.08. The van der Waals surface area contributed by atoms with Crippen LogP contribution in [0.25, 0.3) is 11.0 Å². The summed E-state index contributed by atoms with van der Waals surface area (Å²) in [5.74, 6) is 0.302. The highest BCUT2D eigenvalue weighted by atomic mass is 32.5. The van der Waals surface area contributed by atoms with Crippen molar-refractivity contribution in [2.45, 2.75) is 0 Å². The standard InChI is InChI=1S/C10H11N2O3PS/c1-13-16(17,14-2)15-10-7-11-8-5-3-4-6-9(8)12-10/h3-7H,1-2H3. The molecule has 0 bridgehead atoms. The van der Waals surface area contributed by atoms with E-state index < -0.39 is 6.72 Å². The van der Waals surface area contributed by atoms with Crippen LogP contribution in [0.5, 0.6) is 5.88 Å². The quantitative estimate of drug-likeness (QED) is 0.796. The number of benzene rings is 1. The molecule has 17 heavy (non-hydrogen) atoms. The van der Waals surface area contributed by atoms with Gasteiger partial charge in [0.1, 0.15) is 0 Å². The molecule has 1 aromatic heterocycles. The minimum absolute atomic E-state index is 0.302. The average molecular weight is 270 g/mol. The predicted octanol–water partition coefficient (Wildman–Crippen LogP) is 2.53. The molecule has 0 amide bonds. The van der Waals surface area contributed by atoms with Crippen LogP contribution >= 0.6 is 6.72 Å². The van der Waals surface area contributed by atoms with E-state index in [1.54, 1.807) is 0 Å². The highest BCUT2D eigenvalue weighted by Crippen LogP contribution is 2.47. The Morgan fingerprint density at radius 1 is 1.12 bits per heavy atom. The van der Waals surface area contributed by atoms with Gasteiger partial charge < -0.3 is 13.6 Å². The zero-order valence-corrected chi connectivity index (χ0v) is 11.1. The Balaban J connectivity index is 2.34. The van der Waals surface area contributed by atoms with Crippen LogP contribution in [0, 0.1) is 0 Å². The maximum absolute atomic E-state index is 5.42. The SMILES string of the molecule is COP(=S)(OC)Oc1cnc2ccccc2n1. The maximum Gasteiger partial charge on any atom is 0.381 e. The first-order chi connectivity index (χ1) is 8.17. The molecule has 0 aliphatic rings. The van der Waals surface area contributed by atoms with Gasteiger partial charge in [0.2, 0.25) is 5.88 Å². The van der Waals surface area contributed by atoms with E-state index in [4.69, 9.17) is 25.4 Å². The van der Waals surface area contributed by atoms with E-state index in [0.29, 0.717) is 5.88 Å².